The summed E-state index contributed by atoms with van der Waals surface area (Å²) in [5, 5.41) is 3.03. The number of ether oxygens (including phenoxy) is 1. The summed E-state index contributed by atoms with van der Waals surface area (Å²) < 4.78 is 43.6. The first kappa shape index (κ1) is 18.7. The van der Waals surface area contributed by atoms with E-state index in [0.29, 0.717) is 28.5 Å². The molecule has 1 aromatic heterocycles. The van der Waals surface area contributed by atoms with Crippen LogP contribution < -0.4 is 11.1 Å². The Kier molecular flexibility index (Phi) is 4.81. The minimum atomic E-state index is -4.47. The highest BCUT2D eigenvalue weighted by molar-refractivity contribution is 5.69. The minimum Gasteiger partial charge on any atom is -0.453 e. The fourth-order valence-electron chi connectivity index (χ4n) is 2.95. The molecule has 0 bridgehead atoms. The van der Waals surface area contributed by atoms with Gasteiger partial charge in [0, 0.05) is 17.8 Å². The average molecular weight is 381 g/mol. The number of nitrogens with two attached hydrogens (primary N) is 1. The molecule has 0 saturated heterocycles. The van der Waals surface area contributed by atoms with Crippen LogP contribution in [0.1, 0.15) is 28.2 Å². The zero-order valence-corrected chi connectivity index (χ0v) is 14.7. The summed E-state index contributed by atoms with van der Waals surface area (Å²) in [5.41, 5.74) is 6.58. The van der Waals surface area contributed by atoms with E-state index in [1.54, 1.807) is 6.92 Å². The van der Waals surface area contributed by atoms with E-state index in [-0.39, 0.29) is 25.3 Å². The zero-order valence-electron chi connectivity index (χ0n) is 14.7. The fourth-order valence-corrected chi connectivity index (χ4v) is 2.95. The van der Waals surface area contributed by atoms with Crippen molar-refractivity contribution in [2.45, 2.75) is 32.7 Å². The van der Waals surface area contributed by atoms with Gasteiger partial charge >= 0.3 is 12.3 Å². The van der Waals surface area contributed by atoms with Gasteiger partial charge in [0.2, 0.25) is 0 Å². The van der Waals surface area contributed by atoms with Crippen LogP contribution in [0.15, 0.2) is 18.2 Å². The van der Waals surface area contributed by atoms with Crippen LogP contribution in [0, 0.1) is 6.92 Å². The number of hydrogen-bond acceptors (Lipinski definition) is 6. The summed E-state index contributed by atoms with van der Waals surface area (Å²) in [6.45, 7) is 2.34. The van der Waals surface area contributed by atoms with E-state index in [1.165, 1.54) is 18.1 Å². The fraction of sp³-hybridized carbons (Fsp3) is 0.353. The van der Waals surface area contributed by atoms with Crippen molar-refractivity contribution in [3.63, 3.8) is 0 Å². The second-order valence-corrected chi connectivity index (χ2v) is 6.19. The number of halogens is 3. The first-order chi connectivity index (χ1) is 12.7. The number of nitrogen functional groups attached to an aromatic ring is 1. The van der Waals surface area contributed by atoms with Gasteiger partial charge in [0.1, 0.15) is 11.6 Å². The van der Waals surface area contributed by atoms with E-state index in [1.807, 2.05) is 0 Å². The molecular weight excluding hydrogens is 363 g/mol. The molecule has 0 atom stereocenters. The number of rotatable bonds is 3. The Morgan fingerprint density at radius 2 is 2.04 bits per heavy atom. The van der Waals surface area contributed by atoms with Crippen LogP contribution in [-0.2, 0) is 30.5 Å². The number of carbonyl (C=O) groups is 1. The number of aryl methyl sites for hydroxylation is 1. The molecule has 3 rings (SSSR count). The Morgan fingerprint density at radius 1 is 1.30 bits per heavy atom. The Hall–Kier alpha value is -3.04. The van der Waals surface area contributed by atoms with Crippen molar-refractivity contribution in [1.29, 1.82) is 0 Å². The molecule has 27 heavy (non-hydrogen) atoms. The molecule has 0 saturated carbocycles. The lowest BCUT2D eigenvalue weighted by molar-refractivity contribution is -0.137. The molecule has 3 N–H and O–H groups in total. The molecule has 0 unspecified atom stereocenters. The normalized spacial score (nSPS) is 13.4. The number of anilines is 2. The van der Waals surface area contributed by atoms with Crippen LogP contribution in [0.2, 0.25) is 0 Å². The first-order valence-corrected chi connectivity index (χ1v) is 8.07. The molecule has 1 aliphatic heterocycles. The third kappa shape index (κ3) is 4.04. The predicted octanol–water partition coefficient (Wildman–Crippen LogP) is 3.08. The molecule has 0 radical (unpaired) electrons. The van der Waals surface area contributed by atoms with E-state index in [0.717, 1.165) is 12.1 Å². The molecule has 0 fully saturated rings. The van der Waals surface area contributed by atoms with Crippen LogP contribution >= 0.6 is 0 Å². The number of aromatic nitrogens is 2. The van der Waals surface area contributed by atoms with Gasteiger partial charge < -0.3 is 15.8 Å². The summed E-state index contributed by atoms with van der Waals surface area (Å²) in [7, 11) is 1.29. The monoisotopic (exact) mass is 381 g/mol. The highest BCUT2D eigenvalue weighted by Gasteiger charge is 2.31. The zero-order chi connectivity index (χ0) is 19.8. The van der Waals surface area contributed by atoms with E-state index in [9.17, 15) is 18.0 Å². The molecule has 0 spiro atoms. The third-order valence-electron chi connectivity index (χ3n) is 4.13. The van der Waals surface area contributed by atoms with Gasteiger partial charge in [-0.05, 0) is 30.7 Å². The molecule has 2 aromatic rings. The predicted molar refractivity (Wildman–Crippen MR) is 91.6 cm³/mol. The maximum absolute atomic E-state index is 13.0. The van der Waals surface area contributed by atoms with Crippen LogP contribution in [0.25, 0.3) is 0 Å². The summed E-state index contributed by atoms with van der Waals surface area (Å²) in [5.74, 6) is 0.964. The molecular formula is C17H18F3N5O2. The van der Waals surface area contributed by atoms with Gasteiger partial charge in [-0.1, -0.05) is 0 Å². The van der Waals surface area contributed by atoms with Crippen LogP contribution in [0.3, 0.4) is 0 Å². The summed E-state index contributed by atoms with van der Waals surface area (Å²) in [6.07, 6.45) is -4.96. The Morgan fingerprint density at radius 3 is 2.70 bits per heavy atom. The van der Waals surface area contributed by atoms with E-state index < -0.39 is 17.8 Å². The molecule has 7 nitrogen and oxygen atoms in total. The lowest BCUT2D eigenvalue weighted by Crippen LogP contribution is -2.25. The van der Waals surface area contributed by atoms with Crippen LogP contribution in [-0.4, -0.2) is 28.1 Å². The number of carbonyl (C=O) groups excluding carboxylic acids is 1. The first-order valence-electron chi connectivity index (χ1n) is 8.07. The number of amides is 1. The molecule has 10 heteroatoms. The lowest BCUT2D eigenvalue weighted by Gasteiger charge is -2.14. The number of fused-ring (bicyclic) bond motifs is 1. The number of methoxy groups -OCH3 is 1. The molecule has 2 heterocycles. The lowest BCUT2D eigenvalue weighted by atomic mass is 10.1. The number of nitrogens with zero attached hydrogens (tertiary/aromatic N) is 3. The van der Waals surface area contributed by atoms with Crippen molar-refractivity contribution in [1.82, 2.24) is 14.9 Å². The van der Waals surface area contributed by atoms with Crippen molar-refractivity contribution in [2.75, 3.05) is 18.2 Å². The van der Waals surface area contributed by atoms with E-state index in [4.69, 9.17) is 10.5 Å². The van der Waals surface area contributed by atoms with Crippen molar-refractivity contribution in [2.24, 2.45) is 0 Å². The van der Waals surface area contributed by atoms with E-state index >= 15 is 0 Å². The highest BCUT2D eigenvalue weighted by atomic mass is 19.4. The molecule has 1 aromatic carbocycles. The summed E-state index contributed by atoms with van der Waals surface area (Å²) in [6, 6.07) is 3.40. The molecule has 1 aliphatic rings. The second-order valence-electron chi connectivity index (χ2n) is 6.19. The Balaban J connectivity index is 1.83. The van der Waals surface area contributed by atoms with E-state index in [2.05, 4.69) is 15.3 Å². The van der Waals surface area contributed by atoms with Crippen LogP contribution in [0.5, 0.6) is 0 Å². The molecule has 1 amide bonds. The smallest absolute Gasteiger partial charge is 0.416 e. The number of hydrogen-bond donors (Lipinski definition) is 2. The van der Waals surface area contributed by atoms with Gasteiger partial charge in [-0.2, -0.15) is 13.2 Å². The SMILES string of the molecule is COC(=O)N1Cc2nc(C)nc(NCc3cc(N)cc(C(F)(F)F)c3)c2C1. The standard InChI is InChI=1S/C17H18F3N5O2/c1-9-23-14-8-25(16(26)27-2)7-13(14)15(24-9)22-6-10-3-11(17(18,19)20)5-12(21)4-10/h3-5H,6-8,21H2,1-2H3,(H,22,23,24). The van der Waals surface area contributed by atoms with Crippen molar-refractivity contribution < 1.29 is 22.7 Å². The van der Waals surface area contributed by atoms with Gasteiger partial charge in [-0.3, -0.25) is 4.90 Å². The largest absolute Gasteiger partial charge is 0.453 e. The quantitative estimate of drug-likeness (QED) is 0.794. The highest BCUT2D eigenvalue weighted by Crippen LogP contribution is 2.32. The summed E-state index contributed by atoms with van der Waals surface area (Å²) >= 11 is 0. The third-order valence-corrected chi connectivity index (χ3v) is 4.13. The number of alkyl halides is 3. The molecule has 144 valence electrons. The van der Waals surface area contributed by atoms with Gasteiger partial charge in [-0.15, -0.1) is 0 Å². The topological polar surface area (TPSA) is 93.4 Å². The minimum absolute atomic E-state index is 0.0302. The van der Waals surface area contributed by atoms with Crippen molar-refractivity contribution in [3.8, 4) is 0 Å². The average Bonchev–Trinajstić information content (AvgIpc) is 3.01. The van der Waals surface area contributed by atoms with Crippen LogP contribution in [0.4, 0.5) is 29.5 Å². The van der Waals surface area contributed by atoms with Gasteiger partial charge in [-0.25, -0.2) is 14.8 Å². The Labute approximate surface area is 153 Å². The Bertz CT molecular complexity index is 886. The van der Waals surface area contributed by atoms with Crippen molar-refractivity contribution in [3.05, 3.63) is 46.4 Å². The molecule has 0 aliphatic carbocycles. The second kappa shape index (κ2) is 6.93. The van der Waals surface area contributed by atoms with Gasteiger partial charge in [0.05, 0.1) is 31.5 Å². The summed E-state index contributed by atoms with van der Waals surface area (Å²) in [4.78, 5) is 21.9. The maximum atomic E-state index is 13.0. The van der Waals surface area contributed by atoms with Crippen molar-refractivity contribution >= 4 is 17.6 Å². The maximum Gasteiger partial charge on any atom is 0.416 e. The van der Waals surface area contributed by atoms with Gasteiger partial charge in [0.25, 0.3) is 0 Å². The number of benzene rings is 1. The number of nitrogens with one attached hydrogen (secondary N) is 1. The van der Waals surface area contributed by atoms with Gasteiger partial charge in [0.15, 0.2) is 0 Å².